The molecule has 1 amide bonds. The number of morpholine rings is 1. The van der Waals surface area contributed by atoms with Gasteiger partial charge in [-0.05, 0) is 37.0 Å². The third-order valence-electron chi connectivity index (χ3n) is 5.53. The molecule has 1 aliphatic carbocycles. The summed E-state index contributed by atoms with van der Waals surface area (Å²) in [5.74, 6) is -0.519. The number of hydrogen-bond donors (Lipinski definition) is 2. The monoisotopic (exact) mass is 388 g/mol. The van der Waals surface area contributed by atoms with Crippen LogP contribution in [0.15, 0.2) is 36.9 Å². The van der Waals surface area contributed by atoms with E-state index < -0.39 is 11.9 Å². The van der Waals surface area contributed by atoms with Crippen molar-refractivity contribution in [1.29, 1.82) is 0 Å². The van der Waals surface area contributed by atoms with Gasteiger partial charge in [0.05, 0.1) is 37.4 Å². The Morgan fingerprint density at radius 3 is 2.86 bits per heavy atom. The predicted octanol–water partition coefficient (Wildman–Crippen LogP) is 1.43. The number of anilines is 1. The standard InChI is InChI=1S/C20H25FN4O3/c21-16-11-15(1-2-18(16)25-5-7-28-8-6-25)20(27)23-17-9-14(10-19(17)26)12-24-4-3-22-13-24/h1-4,11,13-14,17,19,26H,5-10,12H2,(H,23,27)/t14?,17-,19-/m1/s1. The summed E-state index contributed by atoms with van der Waals surface area (Å²) in [7, 11) is 0. The molecule has 1 aromatic carbocycles. The second-order valence-corrected chi connectivity index (χ2v) is 7.51. The topological polar surface area (TPSA) is 79.6 Å². The number of hydrogen-bond acceptors (Lipinski definition) is 5. The summed E-state index contributed by atoms with van der Waals surface area (Å²) in [5.41, 5.74) is 0.751. The van der Waals surface area contributed by atoms with Crippen LogP contribution in [0.2, 0.25) is 0 Å². The Morgan fingerprint density at radius 2 is 2.14 bits per heavy atom. The van der Waals surface area contributed by atoms with Gasteiger partial charge in [0, 0.05) is 37.6 Å². The first-order valence-electron chi connectivity index (χ1n) is 9.67. The number of carbonyl (C=O) groups is 1. The maximum absolute atomic E-state index is 14.5. The number of carbonyl (C=O) groups excluding carboxylic acids is 1. The lowest BCUT2D eigenvalue weighted by Crippen LogP contribution is -2.40. The molecule has 8 heteroatoms. The number of ether oxygens (including phenoxy) is 1. The lowest BCUT2D eigenvalue weighted by molar-refractivity contribution is 0.0872. The molecule has 3 atom stereocenters. The van der Waals surface area contributed by atoms with E-state index in [1.165, 1.54) is 6.07 Å². The van der Waals surface area contributed by atoms with Crippen LogP contribution in [0.4, 0.5) is 10.1 Å². The number of imidazole rings is 1. The summed E-state index contributed by atoms with van der Waals surface area (Å²) in [6, 6.07) is 4.21. The van der Waals surface area contributed by atoms with Gasteiger partial charge in [-0.3, -0.25) is 4.79 Å². The first kappa shape index (κ1) is 18.9. The molecule has 4 rings (SSSR count). The Labute approximate surface area is 163 Å². The van der Waals surface area contributed by atoms with Crippen LogP contribution in [0.1, 0.15) is 23.2 Å². The van der Waals surface area contributed by atoms with Gasteiger partial charge < -0.3 is 24.6 Å². The van der Waals surface area contributed by atoms with Crippen LogP contribution in [0.3, 0.4) is 0 Å². The average Bonchev–Trinajstić information content (AvgIpc) is 3.32. The lowest BCUT2D eigenvalue weighted by atomic mass is 10.1. The molecule has 150 valence electrons. The highest BCUT2D eigenvalue weighted by molar-refractivity contribution is 5.94. The van der Waals surface area contributed by atoms with Crippen LogP contribution in [-0.4, -0.2) is 59.0 Å². The second kappa shape index (κ2) is 8.28. The summed E-state index contributed by atoms with van der Waals surface area (Å²) in [5, 5.41) is 13.2. The summed E-state index contributed by atoms with van der Waals surface area (Å²) in [4.78, 5) is 18.5. The van der Waals surface area contributed by atoms with Crippen molar-refractivity contribution in [3.05, 3.63) is 48.3 Å². The largest absolute Gasteiger partial charge is 0.391 e. The van der Waals surface area contributed by atoms with Crippen molar-refractivity contribution in [2.24, 2.45) is 5.92 Å². The average molecular weight is 388 g/mol. The fraction of sp³-hybridized carbons (Fsp3) is 0.500. The number of halogens is 1. The molecule has 1 saturated heterocycles. The number of nitrogens with one attached hydrogen (secondary N) is 1. The zero-order valence-electron chi connectivity index (χ0n) is 15.6. The van der Waals surface area contributed by atoms with Crippen molar-refractivity contribution < 1.29 is 19.0 Å². The third kappa shape index (κ3) is 4.18. The van der Waals surface area contributed by atoms with E-state index in [-0.39, 0.29) is 23.4 Å². The van der Waals surface area contributed by atoms with Gasteiger partial charge in [0.1, 0.15) is 5.82 Å². The summed E-state index contributed by atoms with van der Waals surface area (Å²) in [6.45, 7) is 3.17. The van der Waals surface area contributed by atoms with Crippen molar-refractivity contribution in [1.82, 2.24) is 14.9 Å². The zero-order chi connectivity index (χ0) is 19.5. The highest BCUT2D eigenvalue weighted by Crippen LogP contribution is 2.28. The Kier molecular flexibility index (Phi) is 5.59. The molecule has 0 bridgehead atoms. The van der Waals surface area contributed by atoms with Crippen LogP contribution < -0.4 is 10.2 Å². The van der Waals surface area contributed by atoms with Gasteiger partial charge in [0.25, 0.3) is 5.91 Å². The molecule has 2 aliphatic rings. The molecule has 0 spiro atoms. The molecule has 2 aromatic rings. The van der Waals surface area contributed by atoms with E-state index in [0.29, 0.717) is 44.8 Å². The highest BCUT2D eigenvalue weighted by Gasteiger charge is 2.34. The minimum Gasteiger partial charge on any atom is -0.391 e. The molecule has 1 saturated carbocycles. The normalized spacial score (nSPS) is 25.1. The molecule has 2 fully saturated rings. The molecule has 1 aliphatic heterocycles. The lowest BCUT2D eigenvalue weighted by Gasteiger charge is -2.29. The van der Waals surface area contributed by atoms with Gasteiger partial charge in [-0.2, -0.15) is 0 Å². The van der Waals surface area contributed by atoms with Crippen LogP contribution in [0.5, 0.6) is 0 Å². The van der Waals surface area contributed by atoms with Crippen molar-refractivity contribution in [2.75, 3.05) is 31.2 Å². The van der Waals surface area contributed by atoms with E-state index in [2.05, 4.69) is 10.3 Å². The fourth-order valence-electron chi connectivity index (χ4n) is 4.08. The minimum atomic E-state index is -0.602. The molecule has 7 nitrogen and oxygen atoms in total. The molecule has 2 heterocycles. The van der Waals surface area contributed by atoms with Crippen molar-refractivity contribution in [3.8, 4) is 0 Å². The molecular formula is C20H25FN4O3. The molecule has 2 N–H and O–H groups in total. The Hall–Kier alpha value is -2.45. The van der Waals surface area contributed by atoms with Gasteiger partial charge in [-0.25, -0.2) is 9.37 Å². The molecule has 1 aromatic heterocycles. The first-order chi connectivity index (χ1) is 13.6. The molecule has 28 heavy (non-hydrogen) atoms. The first-order valence-corrected chi connectivity index (χ1v) is 9.67. The number of aromatic nitrogens is 2. The number of amides is 1. The Balaban J connectivity index is 1.37. The van der Waals surface area contributed by atoms with E-state index in [0.717, 1.165) is 6.54 Å². The number of rotatable bonds is 5. The minimum absolute atomic E-state index is 0.259. The zero-order valence-corrected chi connectivity index (χ0v) is 15.6. The maximum Gasteiger partial charge on any atom is 0.251 e. The number of nitrogens with zero attached hydrogens (tertiary/aromatic N) is 3. The SMILES string of the molecule is O=C(N[C@@H]1CC(Cn2ccnc2)C[C@H]1O)c1ccc(N2CCOCC2)c(F)c1. The number of aliphatic hydroxyl groups is 1. The Morgan fingerprint density at radius 1 is 1.32 bits per heavy atom. The smallest absolute Gasteiger partial charge is 0.251 e. The van der Waals surface area contributed by atoms with Crippen LogP contribution in [-0.2, 0) is 11.3 Å². The second-order valence-electron chi connectivity index (χ2n) is 7.51. The number of aliphatic hydroxyl groups excluding tert-OH is 1. The van der Waals surface area contributed by atoms with Gasteiger partial charge in [0.15, 0.2) is 0 Å². The van der Waals surface area contributed by atoms with E-state index in [1.807, 2.05) is 15.7 Å². The van der Waals surface area contributed by atoms with Gasteiger partial charge in [-0.1, -0.05) is 0 Å². The highest BCUT2D eigenvalue weighted by atomic mass is 19.1. The predicted molar refractivity (Wildman–Crippen MR) is 102 cm³/mol. The number of benzene rings is 1. The van der Waals surface area contributed by atoms with Crippen molar-refractivity contribution in [2.45, 2.75) is 31.5 Å². The Bertz CT molecular complexity index is 808. The van der Waals surface area contributed by atoms with E-state index in [4.69, 9.17) is 4.74 Å². The van der Waals surface area contributed by atoms with Crippen molar-refractivity contribution in [3.63, 3.8) is 0 Å². The van der Waals surface area contributed by atoms with Gasteiger partial charge in [0.2, 0.25) is 0 Å². The van der Waals surface area contributed by atoms with E-state index in [9.17, 15) is 14.3 Å². The molecule has 0 radical (unpaired) electrons. The van der Waals surface area contributed by atoms with Crippen molar-refractivity contribution >= 4 is 11.6 Å². The van der Waals surface area contributed by atoms with Crippen LogP contribution in [0.25, 0.3) is 0 Å². The van der Waals surface area contributed by atoms with Crippen LogP contribution >= 0.6 is 0 Å². The summed E-state index contributed by atoms with van der Waals surface area (Å²) < 4.78 is 21.8. The molecular weight excluding hydrogens is 363 g/mol. The fourth-order valence-corrected chi connectivity index (χ4v) is 4.08. The quantitative estimate of drug-likeness (QED) is 0.810. The maximum atomic E-state index is 14.5. The summed E-state index contributed by atoms with van der Waals surface area (Å²) >= 11 is 0. The van der Waals surface area contributed by atoms with E-state index >= 15 is 0 Å². The summed E-state index contributed by atoms with van der Waals surface area (Å²) in [6.07, 6.45) is 6.05. The third-order valence-corrected chi connectivity index (χ3v) is 5.53. The van der Waals surface area contributed by atoms with E-state index in [1.54, 1.807) is 24.7 Å². The van der Waals surface area contributed by atoms with Gasteiger partial charge in [-0.15, -0.1) is 0 Å². The van der Waals surface area contributed by atoms with Crippen LogP contribution in [0, 0.1) is 11.7 Å². The molecule has 1 unspecified atom stereocenters. The van der Waals surface area contributed by atoms with Gasteiger partial charge >= 0.3 is 0 Å².